The summed E-state index contributed by atoms with van der Waals surface area (Å²) in [6, 6.07) is 12.5. The smallest absolute Gasteiger partial charge is 0.439 e. The topological polar surface area (TPSA) is 102 Å². The zero-order chi connectivity index (χ0) is 26.2. The number of nitrogens with one attached hydrogen (secondary N) is 2. The SMILES string of the molecule is O=C(Nc1cc(Oc2ccc3nc(NC(=O)C4CC4)sc3n2)ccc1Cl)c1cccc(OC(F)(F)F)c1. The van der Waals surface area contributed by atoms with Gasteiger partial charge in [-0.3, -0.25) is 9.59 Å². The number of benzene rings is 2. The molecule has 8 nitrogen and oxygen atoms in total. The van der Waals surface area contributed by atoms with E-state index in [2.05, 4.69) is 25.3 Å². The number of nitrogens with zero attached hydrogens (tertiary/aromatic N) is 2. The van der Waals surface area contributed by atoms with E-state index in [0.717, 1.165) is 25.0 Å². The second-order valence-electron chi connectivity index (χ2n) is 8.03. The number of carbonyl (C=O) groups is 2. The summed E-state index contributed by atoms with van der Waals surface area (Å²) in [5.74, 6) is -0.679. The van der Waals surface area contributed by atoms with E-state index in [1.807, 2.05) is 0 Å². The molecular formula is C24H16ClF3N4O4S. The summed E-state index contributed by atoms with van der Waals surface area (Å²) in [5.41, 5.74) is 0.713. The highest BCUT2D eigenvalue weighted by atomic mass is 35.5. The van der Waals surface area contributed by atoms with Gasteiger partial charge in [0, 0.05) is 23.6 Å². The Morgan fingerprint density at radius 2 is 1.81 bits per heavy atom. The van der Waals surface area contributed by atoms with E-state index in [-0.39, 0.29) is 34.0 Å². The van der Waals surface area contributed by atoms with Gasteiger partial charge in [-0.05, 0) is 49.2 Å². The normalized spacial score (nSPS) is 13.3. The fourth-order valence-electron chi connectivity index (χ4n) is 3.28. The second-order valence-corrected chi connectivity index (χ2v) is 9.41. The Morgan fingerprint density at radius 3 is 2.57 bits per heavy atom. The molecular weight excluding hydrogens is 533 g/mol. The van der Waals surface area contributed by atoms with Crippen molar-refractivity contribution >= 4 is 55.9 Å². The molecule has 2 amide bonds. The fourth-order valence-corrected chi connectivity index (χ4v) is 4.27. The van der Waals surface area contributed by atoms with Crippen molar-refractivity contribution in [2.24, 2.45) is 5.92 Å². The Morgan fingerprint density at radius 1 is 1.00 bits per heavy atom. The number of rotatable bonds is 7. The number of hydrogen-bond donors (Lipinski definition) is 2. The lowest BCUT2D eigenvalue weighted by atomic mass is 10.2. The molecule has 37 heavy (non-hydrogen) atoms. The number of alkyl halides is 3. The van der Waals surface area contributed by atoms with E-state index in [1.54, 1.807) is 18.2 Å². The summed E-state index contributed by atoms with van der Waals surface area (Å²) < 4.78 is 47.1. The largest absolute Gasteiger partial charge is 0.573 e. The van der Waals surface area contributed by atoms with Gasteiger partial charge in [0.2, 0.25) is 11.8 Å². The number of hydrogen-bond acceptors (Lipinski definition) is 7. The number of ether oxygens (including phenoxy) is 2. The molecule has 1 aliphatic carbocycles. The van der Waals surface area contributed by atoms with Crippen LogP contribution in [0.25, 0.3) is 10.3 Å². The maximum atomic E-state index is 12.6. The van der Waals surface area contributed by atoms with Crippen molar-refractivity contribution in [3.63, 3.8) is 0 Å². The molecule has 0 atom stereocenters. The van der Waals surface area contributed by atoms with E-state index in [0.29, 0.717) is 21.2 Å². The molecule has 5 rings (SSSR count). The standard InChI is InChI=1S/C24H16ClF3N4O4S/c25-16-7-6-14(11-18(16)29-21(34)13-2-1-3-15(10-13)36-24(26,27)28)35-19-9-8-17-22(31-19)37-23(30-17)32-20(33)12-4-5-12/h1-3,6-12H,4-5H2,(H,29,34)(H,30,32,33). The van der Waals surface area contributed by atoms with Crippen LogP contribution in [0.3, 0.4) is 0 Å². The van der Waals surface area contributed by atoms with Crippen LogP contribution >= 0.6 is 22.9 Å². The second kappa shape index (κ2) is 9.87. The van der Waals surface area contributed by atoms with E-state index >= 15 is 0 Å². The third-order valence-electron chi connectivity index (χ3n) is 5.15. The zero-order valence-corrected chi connectivity index (χ0v) is 20.2. The lowest BCUT2D eigenvalue weighted by Crippen LogP contribution is -2.18. The Kier molecular flexibility index (Phi) is 6.61. The van der Waals surface area contributed by atoms with Crippen LogP contribution in [-0.2, 0) is 4.79 Å². The molecule has 2 N–H and O–H groups in total. The van der Waals surface area contributed by atoms with Crippen molar-refractivity contribution in [1.82, 2.24) is 9.97 Å². The van der Waals surface area contributed by atoms with Crippen LogP contribution in [-0.4, -0.2) is 28.1 Å². The number of carbonyl (C=O) groups excluding carboxylic acids is 2. The minimum atomic E-state index is -4.88. The average molecular weight is 549 g/mol. The molecule has 13 heteroatoms. The quantitative estimate of drug-likeness (QED) is 0.268. The first-order chi connectivity index (χ1) is 17.6. The van der Waals surface area contributed by atoms with Crippen LogP contribution in [0.5, 0.6) is 17.4 Å². The fraction of sp³-hybridized carbons (Fsp3) is 0.167. The minimum absolute atomic E-state index is 0.0501. The Labute approximate surface area is 216 Å². The minimum Gasteiger partial charge on any atom is -0.439 e. The maximum Gasteiger partial charge on any atom is 0.573 e. The molecule has 2 heterocycles. The van der Waals surface area contributed by atoms with Gasteiger partial charge in [-0.2, -0.15) is 0 Å². The Balaban J connectivity index is 1.29. The van der Waals surface area contributed by atoms with Crippen molar-refractivity contribution in [3.8, 4) is 17.4 Å². The molecule has 1 fully saturated rings. The Bertz CT molecular complexity index is 1510. The van der Waals surface area contributed by atoms with E-state index in [1.165, 1.54) is 35.6 Å². The number of aromatic nitrogens is 2. The highest BCUT2D eigenvalue weighted by Crippen LogP contribution is 2.34. The van der Waals surface area contributed by atoms with Gasteiger partial charge >= 0.3 is 6.36 Å². The van der Waals surface area contributed by atoms with Crippen LogP contribution in [0.4, 0.5) is 24.0 Å². The van der Waals surface area contributed by atoms with Crippen LogP contribution in [0.1, 0.15) is 23.2 Å². The summed E-state index contributed by atoms with van der Waals surface area (Å²) in [4.78, 5) is 33.9. The van der Waals surface area contributed by atoms with Crippen molar-refractivity contribution in [3.05, 3.63) is 65.2 Å². The van der Waals surface area contributed by atoms with Crippen molar-refractivity contribution in [2.45, 2.75) is 19.2 Å². The summed E-state index contributed by atoms with van der Waals surface area (Å²) in [5, 5.41) is 5.99. The third-order valence-corrected chi connectivity index (χ3v) is 6.36. The van der Waals surface area contributed by atoms with Gasteiger partial charge in [0.1, 0.15) is 21.8 Å². The van der Waals surface area contributed by atoms with Crippen LogP contribution in [0, 0.1) is 5.92 Å². The maximum absolute atomic E-state index is 12.6. The number of amides is 2. The molecule has 2 aromatic heterocycles. The molecule has 0 radical (unpaired) electrons. The first kappa shape index (κ1) is 24.8. The van der Waals surface area contributed by atoms with E-state index in [9.17, 15) is 22.8 Å². The van der Waals surface area contributed by atoms with Gasteiger partial charge in [-0.15, -0.1) is 13.2 Å². The molecule has 4 aromatic rings. The number of halogens is 4. The van der Waals surface area contributed by atoms with Gasteiger partial charge in [-0.25, -0.2) is 9.97 Å². The summed E-state index contributed by atoms with van der Waals surface area (Å²) in [7, 11) is 0. The first-order valence-electron chi connectivity index (χ1n) is 10.9. The van der Waals surface area contributed by atoms with Crippen molar-refractivity contribution in [2.75, 3.05) is 10.6 Å². The van der Waals surface area contributed by atoms with E-state index < -0.39 is 18.0 Å². The highest BCUT2D eigenvalue weighted by molar-refractivity contribution is 7.21. The molecule has 0 saturated heterocycles. The molecule has 0 spiro atoms. The number of thiazole rings is 1. The monoisotopic (exact) mass is 548 g/mol. The molecule has 0 bridgehead atoms. The van der Waals surface area contributed by atoms with Crippen LogP contribution in [0.15, 0.2) is 54.6 Å². The van der Waals surface area contributed by atoms with E-state index in [4.69, 9.17) is 16.3 Å². The predicted octanol–water partition coefficient (Wildman–Crippen LogP) is 6.64. The van der Waals surface area contributed by atoms with Gasteiger partial charge in [0.05, 0.1) is 10.7 Å². The van der Waals surface area contributed by atoms with Gasteiger partial charge in [-0.1, -0.05) is 29.0 Å². The number of fused-ring (bicyclic) bond motifs is 1. The number of anilines is 2. The molecule has 1 aliphatic rings. The Hall–Kier alpha value is -3.90. The molecule has 190 valence electrons. The van der Waals surface area contributed by atoms with Crippen LogP contribution in [0.2, 0.25) is 5.02 Å². The summed E-state index contributed by atoms with van der Waals surface area (Å²) >= 11 is 7.42. The highest BCUT2D eigenvalue weighted by Gasteiger charge is 2.31. The lowest BCUT2D eigenvalue weighted by molar-refractivity contribution is -0.274. The molecule has 0 aliphatic heterocycles. The molecule has 2 aromatic carbocycles. The van der Waals surface area contributed by atoms with Crippen molar-refractivity contribution in [1.29, 1.82) is 0 Å². The number of pyridine rings is 1. The summed E-state index contributed by atoms with van der Waals surface area (Å²) in [6.45, 7) is 0. The third kappa shape index (κ3) is 6.27. The zero-order valence-electron chi connectivity index (χ0n) is 18.6. The van der Waals surface area contributed by atoms with Gasteiger partial charge in [0.25, 0.3) is 5.91 Å². The lowest BCUT2D eigenvalue weighted by Gasteiger charge is -2.12. The van der Waals surface area contributed by atoms with Gasteiger partial charge in [0.15, 0.2) is 5.13 Å². The summed E-state index contributed by atoms with van der Waals surface area (Å²) in [6.07, 6.45) is -3.11. The first-order valence-corrected chi connectivity index (χ1v) is 12.1. The van der Waals surface area contributed by atoms with Crippen LogP contribution < -0.4 is 20.1 Å². The predicted molar refractivity (Wildman–Crippen MR) is 131 cm³/mol. The average Bonchev–Trinajstić information content (AvgIpc) is 3.61. The van der Waals surface area contributed by atoms with Gasteiger partial charge < -0.3 is 20.1 Å². The van der Waals surface area contributed by atoms with Crippen molar-refractivity contribution < 1.29 is 32.2 Å². The molecule has 0 unspecified atom stereocenters. The molecule has 1 saturated carbocycles.